The Labute approximate surface area is 97.1 Å². The van der Waals surface area contributed by atoms with E-state index in [2.05, 4.69) is 12.0 Å². The number of nitrogens with two attached hydrogens (primary N) is 1. The minimum Gasteiger partial charge on any atom is -1.00 e. The summed E-state index contributed by atoms with van der Waals surface area (Å²) in [5.41, 5.74) is 6.67. The molecule has 1 heterocycles. The van der Waals surface area contributed by atoms with E-state index >= 15 is 0 Å². The maximum absolute atomic E-state index is 5.52. The molecule has 1 aromatic rings. The van der Waals surface area contributed by atoms with E-state index < -0.39 is 0 Å². The van der Waals surface area contributed by atoms with E-state index in [1.165, 1.54) is 12.8 Å². The van der Waals surface area contributed by atoms with Crippen molar-refractivity contribution in [3.8, 4) is 0 Å². The Kier molecular flexibility index (Phi) is 5.63. The summed E-state index contributed by atoms with van der Waals surface area (Å²) >= 11 is 0. The van der Waals surface area contributed by atoms with Crippen LogP contribution in [0.3, 0.4) is 0 Å². The quantitative estimate of drug-likeness (QED) is 0.583. The second kappa shape index (κ2) is 5.62. The minimum atomic E-state index is 0. The molecule has 4 heteroatoms. The van der Waals surface area contributed by atoms with Gasteiger partial charge in [0, 0.05) is 18.3 Å². The molecule has 0 aromatic carbocycles. The molecule has 2 N–H and O–H groups in total. The van der Waals surface area contributed by atoms with Gasteiger partial charge in [-0.25, -0.2) is 0 Å². The second-order valence-corrected chi connectivity index (χ2v) is 2.79. The van der Waals surface area contributed by atoms with E-state index in [0.717, 1.165) is 12.2 Å². The molecular formula is C8H16N3Na. The number of hydrogen-bond donors (Lipinski definition) is 1. The van der Waals surface area contributed by atoms with Crippen LogP contribution in [0.5, 0.6) is 0 Å². The van der Waals surface area contributed by atoms with Gasteiger partial charge < -0.3 is 7.16 Å². The Morgan fingerprint density at radius 2 is 2.33 bits per heavy atom. The van der Waals surface area contributed by atoms with Crippen molar-refractivity contribution < 1.29 is 31.0 Å². The summed E-state index contributed by atoms with van der Waals surface area (Å²) in [5, 5.41) is 4.14. The second-order valence-electron chi connectivity index (χ2n) is 2.79. The Balaban J connectivity index is 0. The Morgan fingerprint density at radius 1 is 1.67 bits per heavy atom. The van der Waals surface area contributed by atoms with Gasteiger partial charge in [-0.15, -0.1) is 0 Å². The van der Waals surface area contributed by atoms with Crippen LogP contribution in [-0.2, 0) is 6.54 Å². The maximum Gasteiger partial charge on any atom is 1.00 e. The smallest absolute Gasteiger partial charge is 1.00 e. The van der Waals surface area contributed by atoms with Crippen molar-refractivity contribution in [3.05, 3.63) is 11.8 Å². The summed E-state index contributed by atoms with van der Waals surface area (Å²) in [4.78, 5) is 0. The van der Waals surface area contributed by atoms with E-state index in [4.69, 9.17) is 5.73 Å². The van der Waals surface area contributed by atoms with Gasteiger partial charge in [0.25, 0.3) is 0 Å². The van der Waals surface area contributed by atoms with Crippen LogP contribution in [0, 0.1) is 6.92 Å². The zero-order chi connectivity index (χ0) is 8.27. The number of anilines is 1. The number of rotatable bonds is 3. The Bertz CT molecular complexity index is 237. The molecule has 0 aliphatic carbocycles. The summed E-state index contributed by atoms with van der Waals surface area (Å²) in [5.74, 6) is 0.624. The van der Waals surface area contributed by atoms with E-state index in [1.54, 1.807) is 0 Å². The fourth-order valence-electron chi connectivity index (χ4n) is 1.07. The third-order valence-electron chi connectivity index (χ3n) is 1.72. The van der Waals surface area contributed by atoms with Crippen LogP contribution in [0.4, 0.5) is 5.82 Å². The first-order chi connectivity index (χ1) is 5.24. The van der Waals surface area contributed by atoms with Crippen molar-refractivity contribution in [3.63, 3.8) is 0 Å². The standard InChI is InChI=1S/C8H15N3.Na.H/c1-3-4-5-11-7(2)6-8(9)10-11;;/h6H,3-5H2,1-2H3,(H2,9,10);;/q;+1;-1. The number of unbranched alkanes of at least 4 members (excludes halogenated alkanes) is 1. The van der Waals surface area contributed by atoms with Gasteiger partial charge in [0.15, 0.2) is 0 Å². The topological polar surface area (TPSA) is 43.8 Å². The van der Waals surface area contributed by atoms with Gasteiger partial charge in [-0.05, 0) is 13.3 Å². The summed E-state index contributed by atoms with van der Waals surface area (Å²) in [7, 11) is 0. The van der Waals surface area contributed by atoms with Gasteiger partial charge >= 0.3 is 29.6 Å². The number of aryl methyl sites for hydroxylation is 2. The number of hydrogen-bond acceptors (Lipinski definition) is 2. The Morgan fingerprint density at radius 3 is 2.75 bits per heavy atom. The van der Waals surface area contributed by atoms with Crippen molar-refractivity contribution in [2.24, 2.45) is 0 Å². The summed E-state index contributed by atoms with van der Waals surface area (Å²) in [6, 6.07) is 1.90. The van der Waals surface area contributed by atoms with E-state index in [1.807, 2.05) is 17.7 Å². The van der Waals surface area contributed by atoms with Crippen LogP contribution in [0.25, 0.3) is 0 Å². The molecule has 0 amide bonds. The number of aromatic nitrogens is 2. The predicted molar refractivity (Wildman–Crippen MR) is 47.4 cm³/mol. The van der Waals surface area contributed by atoms with Crippen molar-refractivity contribution in [1.82, 2.24) is 9.78 Å². The van der Waals surface area contributed by atoms with E-state index in [9.17, 15) is 0 Å². The number of nitrogens with zero attached hydrogens (tertiary/aromatic N) is 2. The zero-order valence-corrected chi connectivity index (χ0v) is 10.2. The van der Waals surface area contributed by atoms with E-state index in [0.29, 0.717) is 5.82 Å². The average Bonchev–Trinajstić information content (AvgIpc) is 2.26. The molecule has 3 nitrogen and oxygen atoms in total. The first-order valence-corrected chi connectivity index (χ1v) is 4.04. The SMILES string of the molecule is CCCCn1nc(N)cc1C.[H-].[Na+]. The van der Waals surface area contributed by atoms with Gasteiger partial charge in [-0.1, -0.05) is 13.3 Å². The molecule has 0 unspecified atom stereocenters. The van der Waals surface area contributed by atoms with Gasteiger partial charge in [0.05, 0.1) is 0 Å². The molecule has 0 radical (unpaired) electrons. The molecule has 0 fully saturated rings. The van der Waals surface area contributed by atoms with Gasteiger partial charge in [-0.3, -0.25) is 4.68 Å². The third-order valence-corrected chi connectivity index (χ3v) is 1.72. The molecule has 0 spiro atoms. The normalized spacial score (nSPS) is 9.50. The van der Waals surface area contributed by atoms with Gasteiger partial charge in [0.2, 0.25) is 0 Å². The molecule has 0 bridgehead atoms. The summed E-state index contributed by atoms with van der Waals surface area (Å²) in [6.07, 6.45) is 2.36. The van der Waals surface area contributed by atoms with Crippen LogP contribution in [0.2, 0.25) is 0 Å². The number of nitrogen functional groups attached to an aromatic ring is 1. The predicted octanol–water partition coefficient (Wildman–Crippen LogP) is -1.31. The minimum absolute atomic E-state index is 0. The van der Waals surface area contributed by atoms with Crippen LogP contribution in [-0.4, -0.2) is 9.78 Å². The molecule has 64 valence electrons. The fraction of sp³-hybridized carbons (Fsp3) is 0.625. The molecule has 0 atom stereocenters. The van der Waals surface area contributed by atoms with Crippen molar-refractivity contribution in [2.45, 2.75) is 33.2 Å². The molecule has 0 aliphatic rings. The summed E-state index contributed by atoms with van der Waals surface area (Å²) in [6.45, 7) is 5.18. The molecular weight excluding hydrogens is 161 g/mol. The summed E-state index contributed by atoms with van der Waals surface area (Å²) < 4.78 is 1.96. The molecule has 1 aromatic heterocycles. The van der Waals surface area contributed by atoms with Crippen LogP contribution in [0.15, 0.2) is 6.07 Å². The van der Waals surface area contributed by atoms with Crippen molar-refractivity contribution >= 4 is 5.82 Å². The largest absolute Gasteiger partial charge is 1.00 e. The first-order valence-electron chi connectivity index (χ1n) is 4.04. The van der Waals surface area contributed by atoms with Gasteiger partial charge in [0.1, 0.15) is 5.82 Å². The van der Waals surface area contributed by atoms with Crippen LogP contribution < -0.4 is 35.3 Å². The third kappa shape index (κ3) is 3.17. The molecule has 0 saturated carbocycles. The van der Waals surface area contributed by atoms with Crippen LogP contribution in [0.1, 0.15) is 26.9 Å². The zero-order valence-electron chi connectivity index (χ0n) is 9.17. The van der Waals surface area contributed by atoms with Crippen molar-refractivity contribution in [2.75, 3.05) is 5.73 Å². The van der Waals surface area contributed by atoms with Gasteiger partial charge in [-0.2, -0.15) is 5.10 Å². The fourth-order valence-corrected chi connectivity index (χ4v) is 1.07. The Hall–Kier alpha value is 0.0100. The first kappa shape index (κ1) is 12.0. The molecule has 0 saturated heterocycles. The molecule has 1 rings (SSSR count). The molecule has 0 aliphatic heterocycles. The average molecular weight is 177 g/mol. The van der Waals surface area contributed by atoms with Crippen molar-refractivity contribution in [1.29, 1.82) is 0 Å². The molecule has 12 heavy (non-hydrogen) atoms. The van der Waals surface area contributed by atoms with E-state index in [-0.39, 0.29) is 31.0 Å². The monoisotopic (exact) mass is 177 g/mol. The van der Waals surface area contributed by atoms with Crippen LogP contribution >= 0.6 is 0 Å². The maximum atomic E-state index is 5.52.